The van der Waals surface area contributed by atoms with Crippen LogP contribution in [0.25, 0.3) is 0 Å². The summed E-state index contributed by atoms with van der Waals surface area (Å²) in [7, 11) is 0. The van der Waals surface area contributed by atoms with Crippen LogP contribution in [-0.4, -0.2) is 11.0 Å². The predicted octanol–water partition coefficient (Wildman–Crippen LogP) is 4.88. The van der Waals surface area contributed by atoms with Crippen LogP contribution < -0.4 is 5.32 Å². The molecule has 0 bridgehead atoms. The standard InChI is InChI=1S/C17H30N2S/c1-12(2)9-15-7-6-8-17(10-15,19-13(3)4)16-18-14(5)11-20-16/h11-13,15,19H,6-10H2,1-5H3. The van der Waals surface area contributed by atoms with Gasteiger partial charge in [-0.1, -0.05) is 26.7 Å². The molecule has 2 unspecified atom stereocenters. The molecule has 20 heavy (non-hydrogen) atoms. The smallest absolute Gasteiger partial charge is 0.113 e. The van der Waals surface area contributed by atoms with E-state index in [1.807, 2.05) is 11.3 Å². The molecule has 114 valence electrons. The van der Waals surface area contributed by atoms with Crippen LogP contribution in [0.15, 0.2) is 5.38 Å². The van der Waals surface area contributed by atoms with E-state index in [1.165, 1.54) is 42.8 Å². The highest BCUT2D eigenvalue weighted by molar-refractivity contribution is 7.09. The topological polar surface area (TPSA) is 24.9 Å². The average molecular weight is 295 g/mol. The maximum absolute atomic E-state index is 4.83. The lowest BCUT2D eigenvalue weighted by Gasteiger charge is -2.42. The molecule has 1 aliphatic rings. The summed E-state index contributed by atoms with van der Waals surface area (Å²) in [5, 5.41) is 7.39. The number of nitrogens with zero attached hydrogens (tertiary/aromatic N) is 1. The fourth-order valence-corrected chi connectivity index (χ4v) is 4.77. The molecule has 2 rings (SSSR count). The molecule has 1 aromatic rings. The van der Waals surface area contributed by atoms with E-state index in [0.717, 1.165) is 11.8 Å². The summed E-state index contributed by atoms with van der Waals surface area (Å²) in [6, 6.07) is 0.511. The summed E-state index contributed by atoms with van der Waals surface area (Å²) in [6.45, 7) is 11.3. The Kier molecular flexibility index (Phi) is 5.25. The van der Waals surface area contributed by atoms with Gasteiger partial charge in [0.25, 0.3) is 0 Å². The molecule has 0 spiro atoms. The van der Waals surface area contributed by atoms with Crippen molar-refractivity contribution < 1.29 is 0 Å². The van der Waals surface area contributed by atoms with E-state index in [4.69, 9.17) is 4.98 Å². The van der Waals surface area contributed by atoms with Crippen LogP contribution in [0.1, 0.15) is 70.5 Å². The quantitative estimate of drug-likeness (QED) is 0.837. The van der Waals surface area contributed by atoms with Gasteiger partial charge in [0.05, 0.1) is 5.54 Å². The summed E-state index contributed by atoms with van der Waals surface area (Å²) in [4.78, 5) is 4.83. The summed E-state index contributed by atoms with van der Waals surface area (Å²) in [5.74, 6) is 1.65. The van der Waals surface area contributed by atoms with Crippen LogP contribution in [0, 0.1) is 18.8 Å². The van der Waals surface area contributed by atoms with Gasteiger partial charge >= 0.3 is 0 Å². The molecule has 1 aliphatic carbocycles. The Hall–Kier alpha value is -0.410. The third-order valence-corrected chi connectivity index (χ3v) is 5.42. The Morgan fingerprint density at radius 3 is 2.70 bits per heavy atom. The van der Waals surface area contributed by atoms with Crippen LogP contribution in [-0.2, 0) is 5.54 Å². The molecule has 3 heteroatoms. The molecule has 0 aliphatic heterocycles. The van der Waals surface area contributed by atoms with Gasteiger partial charge in [0.2, 0.25) is 0 Å². The van der Waals surface area contributed by atoms with Gasteiger partial charge in [-0.15, -0.1) is 11.3 Å². The summed E-state index contributed by atoms with van der Waals surface area (Å²) in [5.41, 5.74) is 1.30. The number of hydrogen-bond donors (Lipinski definition) is 1. The first kappa shape index (κ1) is 16.0. The van der Waals surface area contributed by atoms with Crippen molar-refractivity contribution in [2.75, 3.05) is 0 Å². The van der Waals surface area contributed by atoms with Crippen LogP contribution in [0.5, 0.6) is 0 Å². The van der Waals surface area contributed by atoms with Crippen molar-refractivity contribution in [2.24, 2.45) is 11.8 Å². The van der Waals surface area contributed by atoms with Gasteiger partial charge in [0, 0.05) is 17.1 Å². The van der Waals surface area contributed by atoms with E-state index in [2.05, 4.69) is 45.3 Å². The molecule has 0 aromatic carbocycles. The zero-order chi connectivity index (χ0) is 14.8. The highest BCUT2D eigenvalue weighted by atomic mass is 32.1. The summed E-state index contributed by atoms with van der Waals surface area (Å²) < 4.78 is 0. The molecule has 1 N–H and O–H groups in total. The lowest BCUT2D eigenvalue weighted by atomic mass is 9.73. The molecule has 1 fully saturated rings. The van der Waals surface area contributed by atoms with Crippen LogP contribution in [0.2, 0.25) is 0 Å². The Balaban J connectivity index is 2.22. The Morgan fingerprint density at radius 1 is 1.40 bits per heavy atom. The van der Waals surface area contributed by atoms with E-state index >= 15 is 0 Å². The maximum atomic E-state index is 4.83. The fraction of sp³-hybridized carbons (Fsp3) is 0.824. The van der Waals surface area contributed by atoms with Crippen molar-refractivity contribution in [3.63, 3.8) is 0 Å². The molecule has 2 atom stereocenters. The van der Waals surface area contributed by atoms with Crippen LogP contribution >= 0.6 is 11.3 Å². The highest BCUT2D eigenvalue weighted by Crippen LogP contribution is 2.43. The van der Waals surface area contributed by atoms with Gasteiger partial charge in [-0.25, -0.2) is 4.98 Å². The van der Waals surface area contributed by atoms with Gasteiger partial charge in [0.15, 0.2) is 0 Å². The first-order valence-corrected chi connectivity index (χ1v) is 8.99. The lowest BCUT2D eigenvalue weighted by Crippen LogP contribution is -2.49. The van der Waals surface area contributed by atoms with E-state index in [9.17, 15) is 0 Å². The van der Waals surface area contributed by atoms with Gasteiger partial charge in [0.1, 0.15) is 5.01 Å². The van der Waals surface area contributed by atoms with Crippen molar-refractivity contribution >= 4 is 11.3 Å². The minimum Gasteiger partial charge on any atom is -0.303 e. The number of nitrogens with one attached hydrogen (secondary N) is 1. The molecular formula is C17H30N2S. The van der Waals surface area contributed by atoms with Gasteiger partial charge in [-0.2, -0.15) is 0 Å². The fourth-order valence-electron chi connectivity index (χ4n) is 3.77. The van der Waals surface area contributed by atoms with Crippen molar-refractivity contribution in [1.29, 1.82) is 0 Å². The predicted molar refractivity (Wildman–Crippen MR) is 88.2 cm³/mol. The second-order valence-electron chi connectivity index (χ2n) is 7.27. The number of thiazole rings is 1. The molecule has 2 nitrogen and oxygen atoms in total. The van der Waals surface area contributed by atoms with Crippen molar-refractivity contribution in [3.05, 3.63) is 16.1 Å². The normalized spacial score (nSPS) is 27.4. The van der Waals surface area contributed by atoms with Crippen molar-refractivity contribution in [3.8, 4) is 0 Å². The molecular weight excluding hydrogens is 264 g/mol. The first-order chi connectivity index (χ1) is 9.41. The minimum absolute atomic E-state index is 0.130. The van der Waals surface area contributed by atoms with E-state index < -0.39 is 0 Å². The van der Waals surface area contributed by atoms with Crippen molar-refractivity contribution in [1.82, 2.24) is 10.3 Å². The molecule has 1 saturated carbocycles. The van der Waals surface area contributed by atoms with Crippen molar-refractivity contribution in [2.45, 2.75) is 78.3 Å². The van der Waals surface area contributed by atoms with Gasteiger partial charge in [-0.3, -0.25) is 0 Å². The average Bonchev–Trinajstić information content (AvgIpc) is 2.75. The summed E-state index contributed by atoms with van der Waals surface area (Å²) >= 11 is 1.84. The zero-order valence-electron chi connectivity index (χ0n) is 13.7. The monoisotopic (exact) mass is 294 g/mol. The summed E-state index contributed by atoms with van der Waals surface area (Å²) in [6.07, 6.45) is 6.58. The number of rotatable bonds is 5. The number of hydrogen-bond acceptors (Lipinski definition) is 3. The molecule has 0 saturated heterocycles. The van der Waals surface area contributed by atoms with Crippen LogP contribution in [0.4, 0.5) is 0 Å². The van der Waals surface area contributed by atoms with E-state index in [-0.39, 0.29) is 5.54 Å². The Labute approximate surface area is 128 Å². The zero-order valence-corrected chi connectivity index (χ0v) is 14.5. The van der Waals surface area contributed by atoms with Gasteiger partial charge in [-0.05, 0) is 51.9 Å². The maximum Gasteiger partial charge on any atom is 0.113 e. The molecule has 1 aromatic heterocycles. The minimum atomic E-state index is 0.130. The molecule has 0 amide bonds. The van der Waals surface area contributed by atoms with E-state index in [1.54, 1.807) is 0 Å². The third-order valence-electron chi connectivity index (χ3n) is 4.25. The number of aromatic nitrogens is 1. The molecule has 0 radical (unpaired) electrons. The Morgan fingerprint density at radius 2 is 2.15 bits per heavy atom. The lowest BCUT2D eigenvalue weighted by molar-refractivity contribution is 0.151. The largest absolute Gasteiger partial charge is 0.303 e. The third kappa shape index (κ3) is 3.82. The second-order valence-corrected chi connectivity index (χ2v) is 8.13. The first-order valence-electron chi connectivity index (χ1n) is 8.11. The number of aryl methyl sites for hydroxylation is 1. The SMILES string of the molecule is Cc1csc(C2(NC(C)C)CCCC(CC(C)C)C2)n1. The van der Waals surface area contributed by atoms with Crippen LogP contribution in [0.3, 0.4) is 0 Å². The Bertz CT molecular complexity index is 424. The van der Waals surface area contributed by atoms with E-state index in [0.29, 0.717) is 6.04 Å². The second kappa shape index (κ2) is 6.57. The molecule has 1 heterocycles. The highest BCUT2D eigenvalue weighted by Gasteiger charge is 2.40. The van der Waals surface area contributed by atoms with Gasteiger partial charge < -0.3 is 5.32 Å².